The van der Waals surface area contributed by atoms with E-state index in [0.29, 0.717) is 0 Å². The van der Waals surface area contributed by atoms with Crippen molar-refractivity contribution < 1.29 is 30.7 Å². The van der Waals surface area contributed by atoms with Crippen molar-refractivity contribution in [2.45, 2.75) is 83.7 Å². The fourth-order valence-corrected chi connectivity index (χ4v) is 14.5. The van der Waals surface area contributed by atoms with Gasteiger partial charge in [-0.3, -0.25) is 0 Å². The van der Waals surface area contributed by atoms with Crippen molar-refractivity contribution in [2.75, 3.05) is 28.4 Å². The van der Waals surface area contributed by atoms with E-state index in [9.17, 15) is 0 Å². The molecule has 7 nitrogen and oxygen atoms in total. The molecule has 0 aromatic rings. The molecule has 0 saturated carbocycles. The van der Waals surface area contributed by atoms with E-state index >= 15 is 0 Å². The molecule has 0 fully saturated rings. The fourth-order valence-electron chi connectivity index (χ4n) is 3.43. The van der Waals surface area contributed by atoms with E-state index in [1.54, 1.807) is 34.1 Å². The van der Waals surface area contributed by atoms with Crippen molar-refractivity contribution in [2.24, 2.45) is 0 Å². The van der Waals surface area contributed by atoms with Gasteiger partial charge in [0.25, 0.3) is 0 Å². The largest absolute Gasteiger partial charge is 0.488 e. The average molecular weight is 499 g/mol. The Kier molecular flexibility index (Phi) is 11.6. The van der Waals surface area contributed by atoms with E-state index in [0.717, 1.165) is 6.42 Å². The summed E-state index contributed by atoms with van der Waals surface area (Å²) in [6.45, 7) is 22.9. The summed E-state index contributed by atoms with van der Waals surface area (Å²) in [6.07, 6.45) is 0.791. The first-order chi connectivity index (χ1) is 13.6. The van der Waals surface area contributed by atoms with Crippen LogP contribution in [0.5, 0.6) is 0 Å². The third kappa shape index (κ3) is 6.91. The highest BCUT2D eigenvalue weighted by molar-refractivity contribution is 6.80. The second-order valence-corrected chi connectivity index (χ2v) is 22.9. The van der Waals surface area contributed by atoms with Crippen LogP contribution >= 0.6 is 0 Å². The average Bonchev–Trinajstić information content (AvgIpc) is 2.71. The molecule has 0 aromatic heterocycles. The molecule has 0 heterocycles. The summed E-state index contributed by atoms with van der Waals surface area (Å²) in [6, 6.07) is 0. The molecule has 0 aliphatic carbocycles. The van der Waals surface area contributed by atoms with Crippen molar-refractivity contribution in [1.29, 1.82) is 0 Å². The van der Waals surface area contributed by atoms with Crippen LogP contribution < -0.4 is 0 Å². The molecule has 0 N–H and O–H groups in total. The Balaban J connectivity index is 5.76. The van der Waals surface area contributed by atoms with Gasteiger partial charge in [-0.05, 0) is 46.5 Å². The van der Waals surface area contributed by atoms with Crippen LogP contribution in [0.25, 0.3) is 0 Å². The van der Waals surface area contributed by atoms with E-state index in [-0.39, 0.29) is 16.9 Å². The first-order valence-corrected chi connectivity index (χ1v) is 20.4. The molecule has 0 amide bonds. The zero-order chi connectivity index (χ0) is 24.0. The summed E-state index contributed by atoms with van der Waals surface area (Å²) in [5, 5.41) is -0.184. The van der Waals surface area contributed by atoms with Gasteiger partial charge >= 0.3 is 25.9 Å². The molecule has 4 atom stereocenters. The molecule has 30 heavy (non-hydrogen) atoms. The minimum atomic E-state index is -2.78. The highest BCUT2D eigenvalue weighted by atomic mass is 28.5. The summed E-state index contributed by atoms with van der Waals surface area (Å²) in [7, 11) is -3.65. The first-order valence-electron chi connectivity index (χ1n) is 10.5. The Hall–Kier alpha value is 0.328. The van der Waals surface area contributed by atoms with Crippen LogP contribution in [0.15, 0.2) is 12.3 Å². The predicted molar refractivity (Wildman–Crippen MR) is 131 cm³/mol. The maximum atomic E-state index is 6.73. The molecule has 0 bridgehead atoms. The lowest BCUT2D eigenvalue weighted by molar-refractivity contribution is 0.0844. The summed E-state index contributed by atoms with van der Waals surface area (Å²) >= 11 is 0. The van der Waals surface area contributed by atoms with Gasteiger partial charge < -0.3 is 30.7 Å². The van der Waals surface area contributed by atoms with Gasteiger partial charge in [0.15, 0.2) is 8.32 Å². The minimum Gasteiger partial charge on any atom is -0.412 e. The number of rotatable bonds is 15. The van der Waals surface area contributed by atoms with E-state index in [4.69, 9.17) is 30.7 Å². The van der Waals surface area contributed by atoms with Crippen LogP contribution in [0.1, 0.15) is 34.1 Å². The molecule has 0 aromatic carbocycles. The fraction of sp³-hybridized carbons (Fsp3) is 0.895. The lowest BCUT2D eigenvalue weighted by atomic mass is 10.0. The van der Waals surface area contributed by atoms with Crippen molar-refractivity contribution in [3.8, 4) is 0 Å². The molecule has 0 radical (unpaired) electrons. The van der Waals surface area contributed by atoms with Gasteiger partial charge in [0.1, 0.15) is 0 Å². The normalized spacial score (nSPS) is 19.6. The van der Waals surface area contributed by atoms with Gasteiger partial charge in [0, 0.05) is 46.1 Å². The molecule has 0 saturated heterocycles. The second kappa shape index (κ2) is 11.5. The molecule has 0 aliphatic rings. The molecule has 0 spiro atoms. The van der Waals surface area contributed by atoms with Crippen molar-refractivity contribution in [3.63, 3.8) is 0 Å². The molecule has 4 unspecified atom stereocenters. The Bertz CT molecular complexity index is 543. The highest BCUT2D eigenvalue weighted by Gasteiger charge is 2.54. The second-order valence-electron chi connectivity index (χ2n) is 8.82. The van der Waals surface area contributed by atoms with Gasteiger partial charge in [-0.1, -0.05) is 19.5 Å². The minimum absolute atomic E-state index is 0.107. The molecular weight excluding hydrogens is 453 g/mol. The lowest BCUT2D eigenvalue weighted by Crippen LogP contribution is -2.60. The zero-order valence-corrected chi connectivity index (χ0v) is 25.5. The molecule has 180 valence electrons. The van der Waals surface area contributed by atoms with Crippen molar-refractivity contribution >= 4 is 34.2 Å². The quantitative estimate of drug-likeness (QED) is 0.302. The third-order valence-corrected chi connectivity index (χ3v) is 21.0. The molecular formula is C19H46O7Si4. The van der Waals surface area contributed by atoms with Crippen LogP contribution in [-0.4, -0.2) is 74.5 Å². The molecule has 11 heteroatoms. The van der Waals surface area contributed by atoms with Crippen LogP contribution in [0.4, 0.5) is 0 Å². The van der Waals surface area contributed by atoms with Gasteiger partial charge in [-0.2, -0.15) is 0 Å². The molecule has 0 rings (SSSR count). The Morgan fingerprint density at radius 1 is 0.867 bits per heavy atom. The zero-order valence-electron chi connectivity index (χ0n) is 21.5. The topological polar surface area (TPSA) is 64.6 Å². The first kappa shape index (κ1) is 30.3. The summed E-state index contributed by atoms with van der Waals surface area (Å²) in [4.78, 5) is 0. The van der Waals surface area contributed by atoms with Crippen molar-refractivity contribution in [1.82, 2.24) is 0 Å². The van der Waals surface area contributed by atoms with Crippen molar-refractivity contribution in [3.05, 3.63) is 12.3 Å². The maximum absolute atomic E-state index is 6.73. The summed E-state index contributed by atoms with van der Waals surface area (Å²) < 4.78 is 42.1. The van der Waals surface area contributed by atoms with Crippen LogP contribution in [0.2, 0.25) is 37.8 Å². The third-order valence-electron chi connectivity index (χ3n) is 6.94. The van der Waals surface area contributed by atoms with E-state index in [2.05, 4.69) is 47.4 Å². The maximum Gasteiger partial charge on any atom is 0.488 e. The van der Waals surface area contributed by atoms with Crippen LogP contribution in [0.3, 0.4) is 0 Å². The summed E-state index contributed by atoms with van der Waals surface area (Å²) in [5.41, 5.74) is 1.69. The Morgan fingerprint density at radius 2 is 1.33 bits per heavy atom. The Labute approximate surface area is 189 Å². The highest BCUT2D eigenvalue weighted by Crippen LogP contribution is 2.48. The van der Waals surface area contributed by atoms with Crippen LogP contribution in [-0.2, 0) is 30.7 Å². The van der Waals surface area contributed by atoms with E-state index in [1.165, 1.54) is 0 Å². The summed E-state index contributed by atoms with van der Waals surface area (Å²) in [5.74, 6) is 0. The van der Waals surface area contributed by atoms with E-state index in [1.807, 2.05) is 19.6 Å². The smallest absolute Gasteiger partial charge is 0.412 e. The number of hydrogen-bond donors (Lipinski definition) is 0. The SMILES string of the molecule is C=C[Si](C)(OC(C)C(C)(CC)[Si](C)(C)OC(C)[Si](C)(OC)OC)O[Si](C)(OC)OC. The predicted octanol–water partition coefficient (Wildman–Crippen LogP) is 4.75. The van der Waals surface area contributed by atoms with Gasteiger partial charge in [-0.15, -0.1) is 6.58 Å². The lowest BCUT2D eigenvalue weighted by Gasteiger charge is -2.49. The van der Waals surface area contributed by atoms with Gasteiger partial charge in [0.2, 0.25) is 0 Å². The van der Waals surface area contributed by atoms with Gasteiger partial charge in [-0.25, -0.2) is 0 Å². The molecule has 0 aliphatic heterocycles. The van der Waals surface area contributed by atoms with Gasteiger partial charge in [0.05, 0.1) is 5.73 Å². The van der Waals surface area contributed by atoms with E-state index < -0.39 is 34.2 Å². The monoisotopic (exact) mass is 498 g/mol. The standard InChI is InChI=1S/C19H46O7Si4/c1-15-19(5,27(10,11)25-18(4)29(13,20-6)21-7)17(3)24-28(12,16-2)26-30(14,22-8)23-9/h16-18H,2,15H2,1,3-14H3. The van der Waals surface area contributed by atoms with Crippen LogP contribution in [0, 0.1) is 0 Å². The Morgan fingerprint density at radius 3 is 1.67 bits per heavy atom. The number of hydrogen-bond acceptors (Lipinski definition) is 7.